The second-order valence-electron chi connectivity index (χ2n) is 12.8. The summed E-state index contributed by atoms with van der Waals surface area (Å²) < 4.78 is 40.2. The summed E-state index contributed by atoms with van der Waals surface area (Å²) in [7, 11) is -4.99. The Labute approximate surface area is 292 Å². The molecule has 2 aliphatic heterocycles. The predicted octanol–water partition coefficient (Wildman–Crippen LogP) is 1.03. The number of hydroxylamine groups is 2. The van der Waals surface area contributed by atoms with Crippen molar-refractivity contribution in [2.45, 2.75) is 86.8 Å². The summed E-state index contributed by atoms with van der Waals surface area (Å²) >= 11 is -0.589. The van der Waals surface area contributed by atoms with Crippen LogP contribution >= 0.6 is 11.3 Å². The number of carboxylic acids is 1. The topological polar surface area (TPSA) is 272 Å². The molecule has 2 aromatic rings. The number of β-lactam (4-membered cyclic amide) rings is 1. The van der Waals surface area contributed by atoms with E-state index in [4.69, 9.17) is 31.3 Å². The van der Waals surface area contributed by atoms with E-state index in [-0.39, 0.29) is 28.5 Å². The van der Waals surface area contributed by atoms with Gasteiger partial charge in [0, 0.05) is 12.1 Å². The molecular formula is C29H37AsN7O10S2. The van der Waals surface area contributed by atoms with Crippen LogP contribution in [0.15, 0.2) is 33.7 Å². The van der Waals surface area contributed by atoms with Gasteiger partial charge in [0.15, 0.2) is 0 Å². The van der Waals surface area contributed by atoms with Crippen LogP contribution in [0.4, 0.5) is 5.13 Å². The number of rotatable bonds is 15. The average Bonchev–Trinajstić information content (AvgIpc) is 3.62. The Morgan fingerprint density at radius 3 is 2.61 bits per heavy atom. The van der Waals surface area contributed by atoms with Gasteiger partial charge in [-0.3, -0.25) is 4.99 Å². The zero-order valence-corrected chi connectivity index (χ0v) is 30.4. The number of amidine groups is 1. The molecule has 2 fully saturated rings. The number of hydrogen-bond donors (Lipinski definition) is 5. The number of amides is 1. The molecule has 3 aliphatic rings. The number of carbonyl (C=O) groups is 3. The zero-order chi connectivity index (χ0) is 35.9. The van der Waals surface area contributed by atoms with Crippen LogP contribution < -0.4 is 21.9 Å². The fourth-order valence-corrected chi connectivity index (χ4v) is 8.81. The molecule has 1 aromatic carbocycles. The molecule has 0 spiro atoms. The Hall–Kier alpha value is -3.61. The molecular weight excluding hydrogens is 745 g/mol. The second kappa shape index (κ2) is 13.6. The Balaban J connectivity index is 1.31. The van der Waals surface area contributed by atoms with Gasteiger partial charge < -0.3 is 11.5 Å². The Kier molecular flexibility index (Phi) is 10.2. The standard InChI is InChI=1S/C29H37AsN7O10S2/c1-27(2)21(24(39)37(27)47-49(42,43)44)30-22(38)20(17-14-48-26(32)35-17)36-46-28(3,25(40)41)19-8-6-15-13-16(5-7-18(15)45-19)23(31)34-12-4-9-29(33)10-11-29/h5,7,13-14,19,21H,4,6,8-12,33H2,1-3H3,(H2,31,34)(H2,32,35)(H,40,41)(H,42,43,44)/b36-20-/t19-,21-,28+/m1/s1. The summed E-state index contributed by atoms with van der Waals surface area (Å²) in [5, 5.41) is 16.3. The number of carbonyl (C=O) groups excluding carboxylic acids is 2. The number of benzene rings is 1. The van der Waals surface area contributed by atoms with Gasteiger partial charge in [0.2, 0.25) is 0 Å². The van der Waals surface area contributed by atoms with Crippen molar-refractivity contribution in [1.82, 2.24) is 10.0 Å². The van der Waals surface area contributed by atoms with Gasteiger partial charge in [0.25, 0.3) is 0 Å². The number of oxime groups is 1. The fraction of sp³-hybridized carbons (Fsp3) is 0.517. The first-order chi connectivity index (χ1) is 22.8. The molecule has 3 atom stereocenters. The molecule has 8 N–H and O–H groups in total. The van der Waals surface area contributed by atoms with Crippen molar-refractivity contribution in [3.63, 3.8) is 0 Å². The van der Waals surface area contributed by atoms with E-state index in [0.717, 1.165) is 42.6 Å². The molecule has 1 aliphatic carbocycles. The maximum atomic E-state index is 13.6. The first-order valence-corrected chi connectivity index (χ1v) is 19.5. The Morgan fingerprint density at radius 1 is 1.31 bits per heavy atom. The number of hydrogen-bond acceptors (Lipinski definition) is 14. The van der Waals surface area contributed by atoms with Crippen LogP contribution in [0.3, 0.4) is 0 Å². The number of aliphatic carboxylic acids is 1. The Morgan fingerprint density at radius 2 is 2.02 bits per heavy atom. The number of aliphatic imine (C=N–C) groups is 1. The van der Waals surface area contributed by atoms with Gasteiger partial charge >= 0.3 is 240 Å². The molecule has 1 amide bonds. The van der Waals surface area contributed by atoms with Gasteiger partial charge in [-0.2, -0.15) is 0 Å². The van der Waals surface area contributed by atoms with E-state index in [1.165, 1.54) is 26.2 Å². The monoisotopic (exact) mass is 782 g/mol. The van der Waals surface area contributed by atoms with Crippen molar-refractivity contribution < 1.29 is 46.3 Å². The average molecular weight is 783 g/mol. The van der Waals surface area contributed by atoms with Crippen molar-refractivity contribution in [2.24, 2.45) is 21.6 Å². The molecule has 17 nitrogen and oxygen atoms in total. The number of nitrogen functional groups attached to an aromatic ring is 1. The van der Waals surface area contributed by atoms with Crippen LogP contribution in [0.5, 0.6) is 5.75 Å². The van der Waals surface area contributed by atoms with Crippen LogP contribution in [-0.2, 0) is 40.3 Å². The van der Waals surface area contributed by atoms with Crippen molar-refractivity contribution >= 4 is 70.6 Å². The first-order valence-electron chi connectivity index (χ1n) is 15.2. The fourth-order valence-electron chi connectivity index (χ4n) is 5.40. The van der Waals surface area contributed by atoms with Gasteiger partial charge in [-0.15, -0.1) is 0 Å². The first kappa shape index (κ1) is 36.7. The second-order valence-corrected chi connectivity index (χ2v) is 17.2. The SMILES string of the molecule is CC1(C)[C@H]([As]C(=O)/C(=N\O[C@](C)(C(=O)O)[C@H]2CCc3cc(C(N)=NCCCC4(N)CC4)ccc3O2)c2csc(N)n2)C(=O)N1OS(=O)(=O)O. The van der Waals surface area contributed by atoms with Gasteiger partial charge in [-0.1, -0.05) is 0 Å². The van der Waals surface area contributed by atoms with Gasteiger partial charge in [0.05, 0.1) is 0 Å². The van der Waals surface area contributed by atoms with Gasteiger partial charge in [0.1, 0.15) is 0 Å². The number of nitrogens with zero attached hydrogens (tertiary/aromatic N) is 4. The van der Waals surface area contributed by atoms with Crippen LogP contribution in [0.25, 0.3) is 0 Å². The quantitative estimate of drug-likeness (QED) is 0.0321. The predicted molar refractivity (Wildman–Crippen MR) is 178 cm³/mol. The number of fused-ring (bicyclic) bond motifs is 1. The van der Waals surface area contributed by atoms with Gasteiger partial charge in [-0.05, 0) is 25.7 Å². The number of nitrogens with two attached hydrogens (primary N) is 3. The number of aryl methyl sites for hydroxylation is 1. The minimum atomic E-state index is -4.99. The summed E-state index contributed by atoms with van der Waals surface area (Å²) in [4.78, 5) is 53.1. The molecule has 265 valence electrons. The van der Waals surface area contributed by atoms with E-state index in [9.17, 15) is 27.9 Å². The molecule has 3 heterocycles. The zero-order valence-electron chi connectivity index (χ0n) is 26.9. The van der Waals surface area contributed by atoms with Crippen molar-refractivity contribution in [3.8, 4) is 5.75 Å². The summed E-state index contributed by atoms with van der Waals surface area (Å²) in [5.41, 5.74) is 15.9. The third kappa shape index (κ3) is 8.07. The molecule has 20 heteroatoms. The third-order valence-electron chi connectivity index (χ3n) is 8.68. The normalized spacial score (nSPS) is 23.0. The van der Waals surface area contributed by atoms with E-state index in [2.05, 4.69) is 19.4 Å². The van der Waals surface area contributed by atoms with E-state index < -0.39 is 64.5 Å². The molecule has 5 rings (SSSR count). The minimum absolute atomic E-state index is 0.00272. The number of aromatic nitrogens is 1. The Bertz CT molecular complexity index is 1830. The van der Waals surface area contributed by atoms with Crippen molar-refractivity contribution in [1.29, 1.82) is 0 Å². The van der Waals surface area contributed by atoms with Crippen LogP contribution in [-0.4, -0.2) is 101 Å². The molecule has 0 unspecified atom stereocenters. The number of carboxylic acid groups (broad SMARTS) is 1. The summed E-state index contributed by atoms with van der Waals surface area (Å²) in [6, 6.07) is 5.28. The van der Waals surface area contributed by atoms with E-state index in [1.54, 1.807) is 12.1 Å². The van der Waals surface area contributed by atoms with Crippen LogP contribution in [0, 0.1) is 0 Å². The summed E-state index contributed by atoms with van der Waals surface area (Å²) in [6.45, 7) is 4.74. The molecule has 1 saturated carbocycles. The van der Waals surface area contributed by atoms with Crippen molar-refractivity contribution in [2.75, 3.05) is 12.3 Å². The van der Waals surface area contributed by atoms with Gasteiger partial charge in [-0.25, -0.2) is 0 Å². The summed E-state index contributed by atoms with van der Waals surface area (Å²) in [6.07, 6.45) is 3.43. The van der Waals surface area contributed by atoms with E-state index in [1.807, 2.05) is 6.07 Å². The maximum absolute atomic E-state index is 13.6. The number of ether oxygens (including phenoxy) is 1. The molecule has 49 heavy (non-hydrogen) atoms. The summed E-state index contributed by atoms with van der Waals surface area (Å²) in [5.74, 6) is -1.43. The van der Waals surface area contributed by atoms with Crippen molar-refractivity contribution in [3.05, 3.63) is 40.4 Å². The third-order valence-corrected chi connectivity index (χ3v) is 13.0. The molecule has 1 aromatic heterocycles. The number of thiazole rings is 1. The van der Waals surface area contributed by atoms with E-state index in [0.29, 0.717) is 35.2 Å². The van der Waals surface area contributed by atoms with Crippen LogP contribution in [0.1, 0.15) is 69.7 Å². The number of anilines is 1. The van der Waals surface area contributed by atoms with Crippen LogP contribution in [0.2, 0.25) is 4.71 Å². The molecule has 0 bridgehead atoms. The molecule has 1 saturated heterocycles. The van der Waals surface area contributed by atoms with E-state index >= 15 is 0 Å². The molecule has 1 radical (unpaired) electrons.